The van der Waals surface area contributed by atoms with Crippen LogP contribution in [0, 0.1) is 0 Å². The molecule has 0 bridgehead atoms. The Bertz CT molecular complexity index is 925. The van der Waals surface area contributed by atoms with Crippen LogP contribution in [0.2, 0.25) is 5.02 Å². The van der Waals surface area contributed by atoms with Crippen LogP contribution >= 0.6 is 27.5 Å². The topological polar surface area (TPSA) is 67.9 Å². The molecule has 2 rings (SSSR count). The van der Waals surface area contributed by atoms with Crippen molar-refractivity contribution in [3.8, 4) is 11.5 Å². The Balaban J connectivity index is 2.25. The molecule has 0 unspecified atom stereocenters. The van der Waals surface area contributed by atoms with Crippen LogP contribution in [0.25, 0.3) is 0 Å². The van der Waals surface area contributed by atoms with E-state index in [1.165, 1.54) is 0 Å². The highest BCUT2D eigenvalue weighted by atomic mass is 79.9. The fourth-order valence-corrected chi connectivity index (χ4v) is 3.94. The minimum absolute atomic E-state index is 0.0200. The van der Waals surface area contributed by atoms with E-state index in [0.29, 0.717) is 27.4 Å². The average molecular weight is 526 g/mol. The number of nitrogens with zero attached hydrogens (tertiary/aromatic N) is 1. The molecule has 32 heavy (non-hydrogen) atoms. The van der Waals surface area contributed by atoms with Gasteiger partial charge in [-0.2, -0.15) is 0 Å². The molecule has 0 spiro atoms. The number of ether oxygens (including phenoxy) is 2. The monoisotopic (exact) mass is 524 g/mol. The lowest BCUT2D eigenvalue weighted by atomic mass is 10.1. The lowest BCUT2D eigenvalue weighted by Crippen LogP contribution is -2.51. The van der Waals surface area contributed by atoms with E-state index >= 15 is 0 Å². The van der Waals surface area contributed by atoms with Crippen molar-refractivity contribution in [1.29, 1.82) is 0 Å². The minimum atomic E-state index is -0.625. The summed E-state index contributed by atoms with van der Waals surface area (Å²) in [5.41, 5.74) is 0.861. The molecule has 0 aliphatic heterocycles. The molecule has 1 N–H and O–H groups in total. The molecule has 0 radical (unpaired) electrons. The summed E-state index contributed by atoms with van der Waals surface area (Å²) in [6.07, 6.45) is 1.28. The third-order valence-corrected chi connectivity index (χ3v) is 5.97. The number of benzene rings is 2. The highest BCUT2D eigenvalue weighted by molar-refractivity contribution is 9.10. The first-order chi connectivity index (χ1) is 15.3. The SMILES string of the molecule is CC[C@H](C)NC(=O)[C@H](CC)N(Cc1cccc(OC)c1)C(=O)COc1ccc(Cl)cc1Br. The van der Waals surface area contributed by atoms with Gasteiger partial charge in [-0.25, -0.2) is 0 Å². The van der Waals surface area contributed by atoms with E-state index in [0.717, 1.165) is 12.0 Å². The van der Waals surface area contributed by atoms with E-state index in [4.69, 9.17) is 21.1 Å². The molecular formula is C24H30BrClN2O4. The molecule has 8 heteroatoms. The Kier molecular flexibility index (Phi) is 10.3. The lowest BCUT2D eigenvalue weighted by Gasteiger charge is -2.31. The molecule has 0 saturated carbocycles. The normalized spacial score (nSPS) is 12.6. The van der Waals surface area contributed by atoms with Crippen LogP contribution in [0.5, 0.6) is 11.5 Å². The smallest absolute Gasteiger partial charge is 0.261 e. The predicted molar refractivity (Wildman–Crippen MR) is 130 cm³/mol. The number of carbonyl (C=O) groups excluding carboxylic acids is 2. The van der Waals surface area contributed by atoms with Crippen molar-refractivity contribution < 1.29 is 19.1 Å². The molecule has 0 aromatic heterocycles. The van der Waals surface area contributed by atoms with Crippen molar-refractivity contribution in [2.24, 2.45) is 0 Å². The van der Waals surface area contributed by atoms with Gasteiger partial charge in [-0.1, -0.05) is 37.6 Å². The van der Waals surface area contributed by atoms with Gasteiger partial charge < -0.3 is 19.7 Å². The van der Waals surface area contributed by atoms with Crippen molar-refractivity contribution in [2.45, 2.75) is 52.2 Å². The Morgan fingerprint density at radius 2 is 1.91 bits per heavy atom. The van der Waals surface area contributed by atoms with Crippen LogP contribution in [-0.2, 0) is 16.1 Å². The first-order valence-electron chi connectivity index (χ1n) is 10.6. The van der Waals surface area contributed by atoms with E-state index in [1.807, 2.05) is 45.0 Å². The fraction of sp³-hybridized carbons (Fsp3) is 0.417. The number of carbonyl (C=O) groups is 2. The molecule has 0 fully saturated rings. The van der Waals surface area contributed by atoms with Crippen LogP contribution < -0.4 is 14.8 Å². The number of nitrogens with one attached hydrogen (secondary N) is 1. The Morgan fingerprint density at radius 3 is 2.53 bits per heavy atom. The van der Waals surface area contributed by atoms with Gasteiger partial charge in [0, 0.05) is 17.6 Å². The highest BCUT2D eigenvalue weighted by Crippen LogP contribution is 2.28. The first kappa shape index (κ1) is 26.0. The van der Waals surface area contributed by atoms with Gasteiger partial charge in [0.25, 0.3) is 5.91 Å². The van der Waals surface area contributed by atoms with Crippen molar-refractivity contribution in [1.82, 2.24) is 10.2 Å². The number of amides is 2. The number of rotatable bonds is 11. The van der Waals surface area contributed by atoms with Crippen molar-refractivity contribution in [3.05, 3.63) is 57.5 Å². The van der Waals surface area contributed by atoms with Crippen LogP contribution in [0.3, 0.4) is 0 Å². The van der Waals surface area contributed by atoms with Crippen LogP contribution in [0.4, 0.5) is 0 Å². The summed E-state index contributed by atoms with van der Waals surface area (Å²) in [6, 6.07) is 11.9. The maximum atomic E-state index is 13.3. The molecule has 2 aromatic carbocycles. The summed E-state index contributed by atoms with van der Waals surface area (Å²) in [4.78, 5) is 27.8. The quantitative estimate of drug-likeness (QED) is 0.437. The van der Waals surface area contributed by atoms with Gasteiger partial charge >= 0.3 is 0 Å². The summed E-state index contributed by atoms with van der Waals surface area (Å²) in [7, 11) is 1.59. The Labute approximate surface area is 203 Å². The number of hydrogen-bond donors (Lipinski definition) is 1. The van der Waals surface area contributed by atoms with Crippen LogP contribution in [0.1, 0.15) is 39.2 Å². The zero-order valence-corrected chi connectivity index (χ0v) is 21.2. The van der Waals surface area contributed by atoms with Gasteiger partial charge in [0.1, 0.15) is 17.5 Å². The third kappa shape index (κ3) is 7.41. The molecule has 0 aliphatic rings. The maximum Gasteiger partial charge on any atom is 0.261 e. The molecule has 0 aliphatic carbocycles. The van der Waals surface area contributed by atoms with Gasteiger partial charge in [-0.3, -0.25) is 9.59 Å². The average Bonchev–Trinajstić information content (AvgIpc) is 2.78. The summed E-state index contributed by atoms with van der Waals surface area (Å²) in [6.45, 7) is 5.89. The fourth-order valence-electron chi connectivity index (χ4n) is 3.14. The summed E-state index contributed by atoms with van der Waals surface area (Å²) in [5.74, 6) is 0.723. The standard InChI is InChI=1S/C24H30BrClN2O4/c1-5-16(3)27-24(30)21(6-2)28(14-17-8-7-9-19(12-17)31-4)23(29)15-32-22-11-10-18(26)13-20(22)25/h7-13,16,21H,5-6,14-15H2,1-4H3,(H,27,30)/t16-,21-/m0/s1. The molecule has 6 nitrogen and oxygen atoms in total. The minimum Gasteiger partial charge on any atom is -0.497 e. The third-order valence-electron chi connectivity index (χ3n) is 5.12. The van der Waals surface area contributed by atoms with Gasteiger partial charge in [0.2, 0.25) is 5.91 Å². The Hall–Kier alpha value is -2.25. The van der Waals surface area contributed by atoms with Crippen molar-refractivity contribution in [3.63, 3.8) is 0 Å². The summed E-state index contributed by atoms with van der Waals surface area (Å²) >= 11 is 9.37. The van der Waals surface area contributed by atoms with Gasteiger partial charge in [-0.15, -0.1) is 0 Å². The van der Waals surface area contributed by atoms with Crippen LogP contribution in [-0.4, -0.2) is 42.5 Å². The number of hydrogen-bond acceptors (Lipinski definition) is 4. The Morgan fingerprint density at radius 1 is 1.16 bits per heavy atom. The van der Waals surface area contributed by atoms with Crippen molar-refractivity contribution in [2.75, 3.05) is 13.7 Å². The van der Waals surface area contributed by atoms with E-state index in [1.54, 1.807) is 30.2 Å². The second-order valence-corrected chi connectivity index (χ2v) is 8.77. The first-order valence-corrected chi connectivity index (χ1v) is 11.8. The van der Waals surface area contributed by atoms with E-state index in [9.17, 15) is 9.59 Å². The number of methoxy groups -OCH3 is 1. The molecule has 2 atom stereocenters. The molecule has 0 heterocycles. The molecule has 0 saturated heterocycles. The lowest BCUT2D eigenvalue weighted by molar-refractivity contribution is -0.143. The van der Waals surface area contributed by atoms with Crippen LogP contribution in [0.15, 0.2) is 46.9 Å². The van der Waals surface area contributed by atoms with E-state index in [2.05, 4.69) is 21.2 Å². The second kappa shape index (κ2) is 12.7. The zero-order valence-electron chi connectivity index (χ0n) is 18.9. The second-order valence-electron chi connectivity index (χ2n) is 7.48. The number of halogens is 2. The maximum absolute atomic E-state index is 13.3. The highest BCUT2D eigenvalue weighted by Gasteiger charge is 2.29. The van der Waals surface area contributed by atoms with Gasteiger partial charge in [0.15, 0.2) is 6.61 Å². The largest absolute Gasteiger partial charge is 0.497 e. The summed E-state index contributed by atoms with van der Waals surface area (Å²) < 4.78 is 11.7. The zero-order chi connectivity index (χ0) is 23.7. The predicted octanol–water partition coefficient (Wildman–Crippen LogP) is 5.21. The van der Waals surface area contributed by atoms with Crippen molar-refractivity contribution >= 4 is 39.3 Å². The van der Waals surface area contributed by atoms with E-state index in [-0.39, 0.29) is 31.0 Å². The molecule has 2 aromatic rings. The van der Waals surface area contributed by atoms with Gasteiger partial charge in [-0.05, 0) is 71.6 Å². The molecule has 174 valence electrons. The summed E-state index contributed by atoms with van der Waals surface area (Å²) in [5, 5.41) is 3.55. The molecule has 2 amide bonds. The van der Waals surface area contributed by atoms with E-state index < -0.39 is 6.04 Å². The molecular weight excluding hydrogens is 496 g/mol. The van der Waals surface area contributed by atoms with Gasteiger partial charge in [0.05, 0.1) is 11.6 Å².